The molecule has 0 bridgehead atoms. The predicted octanol–water partition coefficient (Wildman–Crippen LogP) is -0.0293. The zero-order valence-electron chi connectivity index (χ0n) is 8.86. The molecule has 0 aliphatic rings. The Bertz CT molecular complexity index is 499. The Balaban J connectivity index is 3.24. The summed E-state index contributed by atoms with van der Waals surface area (Å²) in [4.78, 5) is 24.8. The standard InChI is InChI=1S/C10H10N2O4/c1-15-8-3-6(4-9(13)16-2)7(5-11)10(14)12-8/h3H,4H2,1-2H3,(H,12,14). The minimum absolute atomic E-state index is 0.105. The number of hydrogen-bond donors (Lipinski definition) is 1. The molecular weight excluding hydrogens is 212 g/mol. The van der Waals surface area contributed by atoms with Crippen LogP contribution in [0.15, 0.2) is 10.9 Å². The van der Waals surface area contributed by atoms with Crippen LogP contribution in [0.2, 0.25) is 0 Å². The fourth-order valence-electron chi connectivity index (χ4n) is 1.19. The highest BCUT2D eigenvalue weighted by Gasteiger charge is 2.13. The van der Waals surface area contributed by atoms with Crippen molar-refractivity contribution >= 4 is 5.97 Å². The second-order valence-corrected chi connectivity index (χ2v) is 2.93. The number of H-pyrrole nitrogens is 1. The number of aromatic amines is 1. The van der Waals surface area contributed by atoms with Crippen molar-refractivity contribution in [2.75, 3.05) is 14.2 Å². The predicted molar refractivity (Wildman–Crippen MR) is 54.0 cm³/mol. The number of carbonyl (C=O) groups excluding carboxylic acids is 1. The van der Waals surface area contributed by atoms with Gasteiger partial charge in [-0.1, -0.05) is 0 Å². The summed E-state index contributed by atoms with van der Waals surface area (Å²) in [6.07, 6.45) is -0.139. The quantitative estimate of drug-likeness (QED) is 0.725. The fourth-order valence-corrected chi connectivity index (χ4v) is 1.19. The Morgan fingerprint density at radius 1 is 1.56 bits per heavy atom. The first-order valence-electron chi connectivity index (χ1n) is 4.39. The lowest BCUT2D eigenvalue weighted by Gasteiger charge is -2.05. The molecule has 16 heavy (non-hydrogen) atoms. The van der Waals surface area contributed by atoms with Crippen molar-refractivity contribution in [2.45, 2.75) is 6.42 Å². The third-order valence-electron chi connectivity index (χ3n) is 1.98. The van der Waals surface area contributed by atoms with Gasteiger partial charge in [-0.25, -0.2) is 0 Å². The monoisotopic (exact) mass is 222 g/mol. The molecule has 1 aromatic rings. The lowest BCUT2D eigenvalue weighted by Crippen LogP contribution is -2.16. The first-order chi connectivity index (χ1) is 7.62. The molecular formula is C10H10N2O4. The summed E-state index contributed by atoms with van der Waals surface area (Å²) in [5.41, 5.74) is -0.401. The van der Waals surface area contributed by atoms with Crippen molar-refractivity contribution in [2.24, 2.45) is 0 Å². The van der Waals surface area contributed by atoms with Gasteiger partial charge in [0.25, 0.3) is 5.56 Å². The largest absolute Gasteiger partial charge is 0.482 e. The van der Waals surface area contributed by atoms with Crippen molar-refractivity contribution in [3.05, 3.63) is 27.5 Å². The Hall–Kier alpha value is -2.29. The van der Waals surface area contributed by atoms with Crippen molar-refractivity contribution in [3.63, 3.8) is 0 Å². The van der Waals surface area contributed by atoms with E-state index in [1.165, 1.54) is 20.3 Å². The molecule has 0 atom stereocenters. The van der Waals surface area contributed by atoms with E-state index in [0.717, 1.165) is 0 Å². The van der Waals surface area contributed by atoms with E-state index >= 15 is 0 Å². The average Bonchev–Trinajstić information content (AvgIpc) is 2.28. The fraction of sp³-hybridized carbons (Fsp3) is 0.300. The first kappa shape index (κ1) is 11.8. The lowest BCUT2D eigenvalue weighted by atomic mass is 10.1. The van der Waals surface area contributed by atoms with Gasteiger partial charge in [0.2, 0.25) is 0 Å². The number of ether oxygens (including phenoxy) is 2. The normalized spacial score (nSPS) is 9.31. The molecule has 1 N–H and O–H groups in total. The molecule has 0 saturated carbocycles. The van der Waals surface area contributed by atoms with Crippen molar-refractivity contribution in [1.29, 1.82) is 5.26 Å². The Morgan fingerprint density at radius 3 is 2.75 bits per heavy atom. The van der Waals surface area contributed by atoms with Gasteiger partial charge in [-0.3, -0.25) is 14.6 Å². The van der Waals surface area contributed by atoms with Gasteiger partial charge < -0.3 is 9.47 Å². The molecule has 0 saturated heterocycles. The molecule has 1 rings (SSSR count). The second-order valence-electron chi connectivity index (χ2n) is 2.93. The van der Waals surface area contributed by atoms with Crippen LogP contribution in [0.4, 0.5) is 0 Å². The van der Waals surface area contributed by atoms with E-state index < -0.39 is 11.5 Å². The highest BCUT2D eigenvalue weighted by Crippen LogP contribution is 2.11. The van der Waals surface area contributed by atoms with Gasteiger partial charge in [0.15, 0.2) is 5.88 Å². The van der Waals surface area contributed by atoms with E-state index in [4.69, 9.17) is 10.00 Å². The minimum atomic E-state index is -0.583. The van der Waals surface area contributed by atoms with Crippen LogP contribution in [0.5, 0.6) is 5.88 Å². The van der Waals surface area contributed by atoms with E-state index in [9.17, 15) is 9.59 Å². The zero-order chi connectivity index (χ0) is 12.1. The number of nitrogens with zero attached hydrogens (tertiary/aromatic N) is 1. The van der Waals surface area contributed by atoms with Crippen LogP contribution >= 0.6 is 0 Å². The summed E-state index contributed by atoms with van der Waals surface area (Å²) >= 11 is 0. The number of carbonyl (C=O) groups is 1. The zero-order valence-corrected chi connectivity index (χ0v) is 8.86. The second kappa shape index (κ2) is 4.98. The maximum atomic E-state index is 11.4. The molecule has 1 aromatic heterocycles. The molecule has 0 spiro atoms. The number of esters is 1. The van der Waals surface area contributed by atoms with Crippen LogP contribution in [0.3, 0.4) is 0 Å². The third-order valence-corrected chi connectivity index (χ3v) is 1.98. The molecule has 0 fully saturated rings. The molecule has 0 aliphatic carbocycles. The smallest absolute Gasteiger partial charge is 0.310 e. The Morgan fingerprint density at radius 2 is 2.25 bits per heavy atom. The number of pyridine rings is 1. The molecule has 6 heteroatoms. The summed E-state index contributed by atoms with van der Waals surface area (Å²) < 4.78 is 9.30. The van der Waals surface area contributed by atoms with Crippen LogP contribution in [0, 0.1) is 11.3 Å². The van der Waals surface area contributed by atoms with Gasteiger partial charge in [-0.05, 0) is 5.56 Å². The number of hydrogen-bond acceptors (Lipinski definition) is 5. The van der Waals surface area contributed by atoms with Crippen LogP contribution in [-0.2, 0) is 16.0 Å². The van der Waals surface area contributed by atoms with Crippen molar-refractivity contribution in [3.8, 4) is 11.9 Å². The van der Waals surface area contributed by atoms with Crippen molar-refractivity contribution < 1.29 is 14.3 Å². The van der Waals surface area contributed by atoms with Gasteiger partial charge >= 0.3 is 5.97 Å². The molecule has 0 amide bonds. The molecule has 0 unspecified atom stereocenters. The molecule has 1 heterocycles. The van der Waals surface area contributed by atoms with E-state index in [1.807, 2.05) is 0 Å². The summed E-state index contributed by atoms with van der Waals surface area (Å²) in [6, 6.07) is 3.16. The van der Waals surface area contributed by atoms with E-state index in [2.05, 4.69) is 9.72 Å². The van der Waals surface area contributed by atoms with Crippen LogP contribution in [0.25, 0.3) is 0 Å². The number of nitrogens with one attached hydrogen (secondary N) is 1. The Labute approximate surface area is 91.4 Å². The lowest BCUT2D eigenvalue weighted by molar-refractivity contribution is -0.139. The number of aromatic nitrogens is 1. The van der Waals surface area contributed by atoms with Gasteiger partial charge in [0.1, 0.15) is 11.6 Å². The van der Waals surface area contributed by atoms with Crippen LogP contribution in [0.1, 0.15) is 11.1 Å². The van der Waals surface area contributed by atoms with Gasteiger partial charge in [0, 0.05) is 6.07 Å². The summed E-state index contributed by atoms with van der Waals surface area (Å²) in [6.45, 7) is 0. The molecule has 0 radical (unpaired) electrons. The molecule has 6 nitrogen and oxygen atoms in total. The van der Waals surface area contributed by atoms with Crippen LogP contribution < -0.4 is 10.3 Å². The van der Waals surface area contributed by atoms with Gasteiger partial charge in [0.05, 0.1) is 20.6 Å². The first-order valence-corrected chi connectivity index (χ1v) is 4.39. The summed E-state index contributed by atoms with van der Waals surface area (Å²) in [5, 5.41) is 8.79. The minimum Gasteiger partial charge on any atom is -0.482 e. The summed E-state index contributed by atoms with van der Waals surface area (Å²) in [7, 11) is 2.61. The third kappa shape index (κ3) is 2.39. The average molecular weight is 222 g/mol. The molecule has 0 aromatic carbocycles. The van der Waals surface area contributed by atoms with E-state index in [1.54, 1.807) is 6.07 Å². The SMILES string of the molecule is COC(=O)Cc1cc(OC)[nH]c(=O)c1C#N. The highest BCUT2D eigenvalue weighted by atomic mass is 16.5. The molecule has 84 valence electrons. The number of methoxy groups -OCH3 is 2. The molecule has 0 aliphatic heterocycles. The maximum absolute atomic E-state index is 11.4. The van der Waals surface area contributed by atoms with E-state index in [-0.39, 0.29) is 23.4 Å². The maximum Gasteiger partial charge on any atom is 0.310 e. The number of nitriles is 1. The van der Waals surface area contributed by atoms with Crippen LogP contribution in [-0.4, -0.2) is 25.2 Å². The van der Waals surface area contributed by atoms with E-state index in [0.29, 0.717) is 0 Å². The Kier molecular flexibility index (Phi) is 3.67. The topological polar surface area (TPSA) is 92.2 Å². The summed E-state index contributed by atoms with van der Waals surface area (Å²) in [5.74, 6) is -0.327. The van der Waals surface area contributed by atoms with Crippen molar-refractivity contribution in [1.82, 2.24) is 4.98 Å². The van der Waals surface area contributed by atoms with Gasteiger partial charge in [-0.15, -0.1) is 0 Å². The highest BCUT2D eigenvalue weighted by molar-refractivity contribution is 5.73. The number of rotatable bonds is 3. The van der Waals surface area contributed by atoms with Gasteiger partial charge in [-0.2, -0.15) is 5.26 Å².